The lowest BCUT2D eigenvalue weighted by Gasteiger charge is -2.48. The third kappa shape index (κ3) is 5.60. The number of carbonyl (C=O) groups is 3. The minimum absolute atomic E-state index is 0.0364. The third-order valence-corrected chi connectivity index (χ3v) is 10.7. The average molecular weight is 704 g/mol. The number of hydrogen-bond acceptors (Lipinski definition) is 9. The van der Waals surface area contributed by atoms with Crippen molar-refractivity contribution in [1.82, 2.24) is 4.90 Å². The number of nitrogens with two attached hydrogens (primary N) is 2. The van der Waals surface area contributed by atoms with Gasteiger partial charge in [-0.05, 0) is 66.5 Å². The molecule has 0 aromatic heterocycles. The molecule has 0 bridgehead atoms. The molecule has 4 aliphatic rings. The van der Waals surface area contributed by atoms with Crippen LogP contribution in [-0.4, -0.2) is 55.9 Å². The lowest BCUT2D eigenvalue weighted by Crippen LogP contribution is -2.63. The first-order valence-electron chi connectivity index (χ1n) is 16.7. The summed E-state index contributed by atoms with van der Waals surface area (Å²) < 4.78 is 52.5. The van der Waals surface area contributed by atoms with Gasteiger partial charge in [-0.1, -0.05) is 60.7 Å². The molecule has 13 heteroatoms. The number of fused-ring (bicyclic) bond motifs is 3. The molecule has 5 atom stereocenters. The molecule has 7 N–H and O–H groups in total. The van der Waals surface area contributed by atoms with Crippen LogP contribution in [0.5, 0.6) is 5.75 Å². The van der Waals surface area contributed by atoms with Crippen molar-refractivity contribution in [3.8, 4) is 5.75 Å². The second kappa shape index (κ2) is 12.7. The summed E-state index contributed by atoms with van der Waals surface area (Å²) in [6.45, 7) is 0.857. The number of Topliss-reactive ketones (excluding diaryl/α,β-unsaturated/α-hetero) is 2. The Bertz CT molecular complexity index is 2000. The number of alkyl halides is 3. The van der Waals surface area contributed by atoms with Crippen LogP contribution in [0.2, 0.25) is 0 Å². The molecule has 3 aromatic carbocycles. The first-order valence-corrected chi connectivity index (χ1v) is 16.7. The Morgan fingerprint density at radius 1 is 1.02 bits per heavy atom. The molecule has 1 fully saturated rings. The van der Waals surface area contributed by atoms with E-state index in [1.165, 1.54) is 6.07 Å². The number of allylic oxidation sites excluding steroid dienone is 1. The Morgan fingerprint density at radius 3 is 2.29 bits per heavy atom. The van der Waals surface area contributed by atoms with E-state index in [9.17, 15) is 29.7 Å². The Morgan fingerprint density at radius 2 is 1.67 bits per heavy atom. The molecular formula is C38H36F3N3O7. The van der Waals surface area contributed by atoms with Crippen molar-refractivity contribution in [3.63, 3.8) is 0 Å². The molecule has 1 saturated heterocycles. The predicted molar refractivity (Wildman–Crippen MR) is 177 cm³/mol. The maximum absolute atomic E-state index is 15.4. The number of ketones is 2. The average Bonchev–Trinajstić information content (AvgIpc) is 3.55. The number of carbonyl (C=O) groups excluding carboxylic acids is 3. The molecule has 1 unspecified atom stereocenters. The molecule has 7 rings (SSSR count). The molecule has 0 radical (unpaired) electrons. The van der Waals surface area contributed by atoms with Gasteiger partial charge in [0, 0.05) is 24.1 Å². The van der Waals surface area contributed by atoms with Gasteiger partial charge in [0.15, 0.2) is 11.4 Å². The zero-order valence-electron chi connectivity index (χ0n) is 27.3. The van der Waals surface area contributed by atoms with Gasteiger partial charge in [-0.25, -0.2) is 0 Å². The summed E-state index contributed by atoms with van der Waals surface area (Å²) in [7, 11) is 0. The van der Waals surface area contributed by atoms with Gasteiger partial charge in [0.25, 0.3) is 5.91 Å². The number of nitrogens with zero attached hydrogens (tertiary/aromatic N) is 1. The van der Waals surface area contributed by atoms with E-state index >= 15 is 13.2 Å². The van der Waals surface area contributed by atoms with E-state index in [0.717, 1.165) is 5.56 Å². The van der Waals surface area contributed by atoms with Crippen LogP contribution in [0.4, 0.5) is 13.2 Å². The Balaban J connectivity index is 1.41. The smallest absolute Gasteiger partial charge is 0.417 e. The standard InChI is InChI=1S/C38H36F3N3O7/c39-38(40,41)30-22(25-12-7-13-44(25)17-19-8-3-1-4-9-19)16-26(51-18-20-10-5-2-6-11-20)28-23(30)14-21-15-24-31(42)33(46)29(36(43)49)35(48)37(24,50)34(47)27(21)32(28)45/h1-6,8-11,16,21,24-25,31,46-47,50H,7,12-15,17-18,42H2,(H2,43,49)/t21-,24-,25?,31-,37-/m0/s1. The second-order valence-electron chi connectivity index (χ2n) is 13.7. The zero-order chi connectivity index (χ0) is 36.4. The summed E-state index contributed by atoms with van der Waals surface area (Å²) in [6.07, 6.45) is -4.63. The molecule has 10 nitrogen and oxygen atoms in total. The maximum Gasteiger partial charge on any atom is 0.417 e. The van der Waals surface area contributed by atoms with E-state index in [-0.39, 0.29) is 29.9 Å². The number of ether oxygens (including phenoxy) is 1. The van der Waals surface area contributed by atoms with Gasteiger partial charge >= 0.3 is 6.18 Å². The van der Waals surface area contributed by atoms with Crippen molar-refractivity contribution >= 4 is 17.5 Å². The minimum Gasteiger partial charge on any atom is -0.510 e. The zero-order valence-corrected chi connectivity index (χ0v) is 27.3. The van der Waals surface area contributed by atoms with Gasteiger partial charge in [0.2, 0.25) is 5.78 Å². The molecular weight excluding hydrogens is 667 g/mol. The topological polar surface area (TPSA) is 176 Å². The van der Waals surface area contributed by atoms with E-state index < -0.39 is 93.4 Å². The summed E-state index contributed by atoms with van der Waals surface area (Å²) in [6, 6.07) is 17.3. The quantitative estimate of drug-likeness (QED) is 0.218. The molecule has 3 aliphatic carbocycles. The van der Waals surface area contributed by atoms with Crippen molar-refractivity contribution in [2.75, 3.05) is 6.54 Å². The van der Waals surface area contributed by atoms with Gasteiger partial charge < -0.3 is 31.5 Å². The molecule has 266 valence electrons. The van der Waals surface area contributed by atoms with Gasteiger partial charge in [-0.3, -0.25) is 19.3 Å². The Labute approximate surface area is 290 Å². The Hall–Kier alpha value is -4.98. The second-order valence-corrected chi connectivity index (χ2v) is 13.7. The number of primary amides is 1. The normalized spacial score (nSPS) is 26.5. The monoisotopic (exact) mass is 703 g/mol. The van der Waals surface area contributed by atoms with Crippen LogP contribution in [0.3, 0.4) is 0 Å². The number of aliphatic hydroxyl groups excluding tert-OH is 2. The first kappa shape index (κ1) is 34.5. The third-order valence-electron chi connectivity index (χ3n) is 10.7. The number of aliphatic hydroxyl groups is 3. The summed E-state index contributed by atoms with van der Waals surface area (Å²) in [5, 5.41) is 33.9. The fourth-order valence-electron chi connectivity index (χ4n) is 8.43. The lowest BCUT2D eigenvalue weighted by molar-refractivity contribution is -0.145. The number of benzene rings is 3. The minimum atomic E-state index is -4.91. The molecule has 0 saturated carbocycles. The van der Waals surface area contributed by atoms with Crippen LogP contribution < -0.4 is 16.2 Å². The largest absolute Gasteiger partial charge is 0.510 e. The van der Waals surface area contributed by atoms with Gasteiger partial charge in [0.05, 0.1) is 17.2 Å². The van der Waals surface area contributed by atoms with E-state index in [1.807, 2.05) is 35.2 Å². The van der Waals surface area contributed by atoms with Gasteiger partial charge in [-0.2, -0.15) is 13.2 Å². The van der Waals surface area contributed by atoms with Gasteiger partial charge in [-0.15, -0.1) is 0 Å². The lowest BCUT2D eigenvalue weighted by atomic mass is 9.58. The van der Waals surface area contributed by atoms with Crippen molar-refractivity contribution in [3.05, 3.63) is 123 Å². The summed E-state index contributed by atoms with van der Waals surface area (Å²) in [5.74, 6) is -8.72. The predicted octanol–water partition coefficient (Wildman–Crippen LogP) is 4.75. The summed E-state index contributed by atoms with van der Waals surface area (Å²) >= 11 is 0. The SMILES string of the molecule is NC(=O)C1=C(O)[C@@H](N)[C@@H]2C[C@@H]3Cc4c(c(OCc5ccccc5)cc(C5CCCN5Cc5ccccc5)c4C(F)(F)F)C(=O)C3=C(O)[C@]2(O)C1=O. The Kier molecular flexibility index (Phi) is 8.55. The van der Waals surface area contributed by atoms with Crippen LogP contribution in [0, 0.1) is 11.8 Å². The van der Waals surface area contributed by atoms with Gasteiger partial charge in [0.1, 0.15) is 29.4 Å². The molecule has 3 aromatic rings. The van der Waals surface area contributed by atoms with Crippen LogP contribution in [0.25, 0.3) is 0 Å². The summed E-state index contributed by atoms with van der Waals surface area (Å²) in [4.78, 5) is 42.1. The highest BCUT2D eigenvalue weighted by atomic mass is 19.4. The highest BCUT2D eigenvalue weighted by Gasteiger charge is 2.62. The number of likely N-dealkylation sites (tertiary alicyclic amines) is 1. The number of halogens is 3. The van der Waals surface area contributed by atoms with E-state index in [1.54, 1.807) is 30.3 Å². The number of hydrogen-bond donors (Lipinski definition) is 5. The molecule has 51 heavy (non-hydrogen) atoms. The van der Waals surface area contributed by atoms with Crippen LogP contribution >= 0.6 is 0 Å². The summed E-state index contributed by atoms with van der Waals surface area (Å²) in [5.41, 5.74) is 6.89. The fourth-order valence-corrected chi connectivity index (χ4v) is 8.43. The number of amides is 1. The van der Waals surface area contributed by atoms with Crippen LogP contribution in [0.1, 0.15) is 63.5 Å². The highest BCUT2D eigenvalue weighted by molar-refractivity contribution is 6.24. The fraction of sp³-hybridized carbons (Fsp3) is 0.342. The molecule has 0 spiro atoms. The van der Waals surface area contributed by atoms with E-state index in [0.29, 0.717) is 31.5 Å². The highest BCUT2D eigenvalue weighted by Crippen LogP contribution is 2.54. The molecule has 1 aliphatic heterocycles. The van der Waals surface area contributed by atoms with Crippen LogP contribution in [-0.2, 0) is 35.3 Å². The van der Waals surface area contributed by atoms with Crippen molar-refractivity contribution in [2.45, 2.75) is 62.7 Å². The van der Waals surface area contributed by atoms with E-state index in [2.05, 4.69) is 0 Å². The maximum atomic E-state index is 15.4. The van der Waals surface area contributed by atoms with Crippen molar-refractivity contribution < 1.29 is 47.6 Å². The van der Waals surface area contributed by atoms with Crippen LogP contribution in [0.15, 0.2) is 89.4 Å². The molecule has 1 amide bonds. The van der Waals surface area contributed by atoms with Crippen molar-refractivity contribution in [1.29, 1.82) is 0 Å². The van der Waals surface area contributed by atoms with Crippen molar-refractivity contribution in [2.24, 2.45) is 23.3 Å². The van der Waals surface area contributed by atoms with E-state index in [4.69, 9.17) is 16.2 Å². The number of rotatable bonds is 7. The molecule has 1 heterocycles. The first-order chi connectivity index (χ1) is 24.2.